The van der Waals surface area contributed by atoms with Crippen LogP contribution < -0.4 is 19.7 Å². The molecule has 0 spiro atoms. The summed E-state index contributed by atoms with van der Waals surface area (Å²) in [5.41, 5.74) is 1.67. The van der Waals surface area contributed by atoms with Gasteiger partial charge >= 0.3 is 0 Å². The van der Waals surface area contributed by atoms with Crippen molar-refractivity contribution >= 4 is 11.7 Å². The number of para-hydroxylation sites is 1. The highest BCUT2D eigenvalue weighted by Gasteiger charge is 2.23. The van der Waals surface area contributed by atoms with Gasteiger partial charge in [0, 0.05) is 32.8 Å². The van der Waals surface area contributed by atoms with E-state index in [1.807, 2.05) is 43.3 Å². The highest BCUT2D eigenvalue weighted by Crippen LogP contribution is 2.35. The van der Waals surface area contributed by atoms with Gasteiger partial charge in [-0.15, -0.1) is 0 Å². The van der Waals surface area contributed by atoms with E-state index in [9.17, 15) is 4.79 Å². The van der Waals surface area contributed by atoms with Gasteiger partial charge < -0.3 is 19.7 Å². The first kappa shape index (κ1) is 17.1. The van der Waals surface area contributed by atoms with Crippen LogP contribution in [0.4, 0.5) is 5.82 Å². The number of anilines is 1. The molecule has 6 heteroatoms. The summed E-state index contributed by atoms with van der Waals surface area (Å²) < 4.78 is 11.2. The lowest BCUT2D eigenvalue weighted by Crippen LogP contribution is -2.35. The zero-order chi connectivity index (χ0) is 17.8. The molecular formula is C19H23N3O3. The molecule has 132 valence electrons. The normalized spacial score (nSPS) is 15.7. The number of aromatic nitrogens is 1. The molecule has 0 saturated heterocycles. The molecule has 0 unspecified atom stereocenters. The van der Waals surface area contributed by atoms with Crippen molar-refractivity contribution in [2.24, 2.45) is 5.92 Å². The van der Waals surface area contributed by atoms with Crippen LogP contribution >= 0.6 is 0 Å². The van der Waals surface area contributed by atoms with Gasteiger partial charge in [-0.05, 0) is 30.2 Å². The van der Waals surface area contributed by atoms with Crippen LogP contribution in [0.1, 0.15) is 15.9 Å². The Kier molecular flexibility index (Phi) is 5.07. The number of fused-ring (bicyclic) bond motifs is 1. The highest BCUT2D eigenvalue weighted by molar-refractivity contribution is 5.94. The quantitative estimate of drug-likeness (QED) is 0.903. The van der Waals surface area contributed by atoms with Crippen LogP contribution in [0.5, 0.6) is 11.5 Å². The highest BCUT2D eigenvalue weighted by atomic mass is 16.5. The van der Waals surface area contributed by atoms with Crippen molar-refractivity contribution in [1.82, 2.24) is 10.3 Å². The molecule has 25 heavy (non-hydrogen) atoms. The SMILES string of the molecule is COc1cccc2c1OC[C@@H](CNC(=O)c1ccc(N(C)C)nc1)C2. The fraction of sp³-hybridized carbons (Fsp3) is 0.368. The maximum Gasteiger partial charge on any atom is 0.252 e. The number of rotatable bonds is 5. The summed E-state index contributed by atoms with van der Waals surface area (Å²) in [5.74, 6) is 2.51. The van der Waals surface area contributed by atoms with Crippen molar-refractivity contribution in [2.75, 3.05) is 39.3 Å². The summed E-state index contributed by atoms with van der Waals surface area (Å²) in [5, 5.41) is 2.97. The van der Waals surface area contributed by atoms with Crippen LogP contribution in [-0.2, 0) is 6.42 Å². The number of amides is 1. The molecule has 0 aliphatic carbocycles. The molecule has 0 saturated carbocycles. The molecule has 3 rings (SSSR count). The van der Waals surface area contributed by atoms with Crippen molar-refractivity contribution in [3.8, 4) is 11.5 Å². The Morgan fingerprint density at radius 2 is 2.20 bits per heavy atom. The standard InChI is InChI=1S/C19H23N3O3/c1-22(2)17-8-7-15(11-20-17)19(23)21-10-13-9-14-5-4-6-16(24-3)18(14)25-12-13/h4-8,11,13H,9-10,12H2,1-3H3,(H,21,23)/t13-/m1/s1. The van der Waals surface area contributed by atoms with Gasteiger partial charge in [-0.1, -0.05) is 12.1 Å². The number of pyridine rings is 1. The average molecular weight is 341 g/mol. The van der Waals surface area contributed by atoms with Crippen molar-refractivity contribution in [1.29, 1.82) is 0 Å². The second kappa shape index (κ2) is 7.42. The first-order valence-corrected chi connectivity index (χ1v) is 8.28. The van der Waals surface area contributed by atoms with E-state index in [-0.39, 0.29) is 11.8 Å². The van der Waals surface area contributed by atoms with Crippen LogP contribution in [0.25, 0.3) is 0 Å². The summed E-state index contributed by atoms with van der Waals surface area (Å²) in [6.07, 6.45) is 2.45. The van der Waals surface area contributed by atoms with E-state index in [1.165, 1.54) is 0 Å². The van der Waals surface area contributed by atoms with Gasteiger partial charge in [0.1, 0.15) is 5.82 Å². The van der Waals surface area contributed by atoms with Crippen molar-refractivity contribution in [3.63, 3.8) is 0 Å². The number of carbonyl (C=O) groups excluding carboxylic acids is 1. The fourth-order valence-electron chi connectivity index (χ4n) is 2.87. The summed E-state index contributed by atoms with van der Waals surface area (Å²) in [4.78, 5) is 18.5. The molecule has 0 radical (unpaired) electrons. The molecule has 0 bridgehead atoms. The van der Waals surface area contributed by atoms with Crippen molar-refractivity contribution < 1.29 is 14.3 Å². The Labute approximate surface area is 147 Å². The second-order valence-corrected chi connectivity index (χ2v) is 6.34. The average Bonchev–Trinajstić information content (AvgIpc) is 2.65. The van der Waals surface area contributed by atoms with Gasteiger partial charge in [-0.2, -0.15) is 0 Å². The summed E-state index contributed by atoms with van der Waals surface area (Å²) >= 11 is 0. The summed E-state index contributed by atoms with van der Waals surface area (Å²) in [7, 11) is 5.47. The maximum absolute atomic E-state index is 12.3. The number of methoxy groups -OCH3 is 1. The third kappa shape index (κ3) is 3.84. The Hall–Kier alpha value is -2.76. The van der Waals surface area contributed by atoms with E-state index >= 15 is 0 Å². The second-order valence-electron chi connectivity index (χ2n) is 6.34. The van der Waals surface area contributed by atoms with Crippen LogP contribution in [0.15, 0.2) is 36.5 Å². The minimum atomic E-state index is -0.116. The first-order valence-electron chi connectivity index (χ1n) is 8.28. The summed E-state index contributed by atoms with van der Waals surface area (Å²) in [6, 6.07) is 9.51. The number of nitrogens with zero attached hydrogens (tertiary/aromatic N) is 2. The van der Waals surface area contributed by atoms with Gasteiger partial charge in [-0.3, -0.25) is 4.79 Å². The van der Waals surface area contributed by atoms with E-state index in [0.29, 0.717) is 18.7 Å². The first-order chi connectivity index (χ1) is 12.1. The predicted octanol–water partition coefficient (Wildman–Crippen LogP) is 2.14. The van der Waals surface area contributed by atoms with Gasteiger partial charge in [0.05, 0.1) is 19.3 Å². The Morgan fingerprint density at radius 1 is 1.36 bits per heavy atom. The zero-order valence-corrected chi connectivity index (χ0v) is 14.8. The third-order valence-corrected chi connectivity index (χ3v) is 4.27. The van der Waals surface area contributed by atoms with E-state index in [0.717, 1.165) is 29.3 Å². The topological polar surface area (TPSA) is 63.7 Å². The van der Waals surface area contributed by atoms with Crippen LogP contribution in [-0.4, -0.2) is 45.2 Å². The molecule has 0 fully saturated rings. The molecule has 1 amide bonds. The van der Waals surface area contributed by atoms with Gasteiger partial charge in [0.2, 0.25) is 0 Å². The molecule has 1 aliphatic heterocycles. The van der Waals surface area contributed by atoms with E-state index in [2.05, 4.69) is 10.3 Å². The molecule has 1 atom stereocenters. The van der Waals surface area contributed by atoms with E-state index in [4.69, 9.17) is 9.47 Å². The largest absolute Gasteiger partial charge is 0.493 e. The smallest absolute Gasteiger partial charge is 0.252 e. The molecule has 1 N–H and O–H groups in total. The fourth-order valence-corrected chi connectivity index (χ4v) is 2.87. The molecule has 1 aliphatic rings. The number of hydrogen-bond donors (Lipinski definition) is 1. The lowest BCUT2D eigenvalue weighted by atomic mass is 9.96. The molecule has 1 aromatic heterocycles. The lowest BCUT2D eigenvalue weighted by Gasteiger charge is -2.26. The van der Waals surface area contributed by atoms with E-state index in [1.54, 1.807) is 19.4 Å². The minimum absolute atomic E-state index is 0.116. The number of nitrogens with one attached hydrogen (secondary N) is 1. The molecule has 1 aromatic carbocycles. The lowest BCUT2D eigenvalue weighted by molar-refractivity contribution is 0.0938. The Morgan fingerprint density at radius 3 is 2.88 bits per heavy atom. The van der Waals surface area contributed by atoms with Crippen LogP contribution in [0.3, 0.4) is 0 Å². The van der Waals surface area contributed by atoms with E-state index < -0.39 is 0 Å². The van der Waals surface area contributed by atoms with Gasteiger partial charge in [0.25, 0.3) is 5.91 Å². The molecule has 2 heterocycles. The van der Waals surface area contributed by atoms with Gasteiger partial charge in [-0.25, -0.2) is 4.98 Å². The Bertz CT molecular complexity index is 744. The van der Waals surface area contributed by atoms with Crippen molar-refractivity contribution in [2.45, 2.75) is 6.42 Å². The Balaban J connectivity index is 1.58. The van der Waals surface area contributed by atoms with Gasteiger partial charge in [0.15, 0.2) is 11.5 Å². The van der Waals surface area contributed by atoms with Crippen LogP contribution in [0.2, 0.25) is 0 Å². The minimum Gasteiger partial charge on any atom is -0.493 e. The molecule has 2 aromatic rings. The molecular weight excluding hydrogens is 318 g/mol. The molecule has 6 nitrogen and oxygen atoms in total. The number of hydrogen-bond acceptors (Lipinski definition) is 5. The number of benzene rings is 1. The monoisotopic (exact) mass is 341 g/mol. The number of carbonyl (C=O) groups is 1. The number of ether oxygens (including phenoxy) is 2. The van der Waals surface area contributed by atoms with Crippen molar-refractivity contribution in [3.05, 3.63) is 47.7 Å². The zero-order valence-electron chi connectivity index (χ0n) is 14.8. The maximum atomic E-state index is 12.3. The van der Waals surface area contributed by atoms with Crippen LogP contribution in [0, 0.1) is 5.92 Å². The predicted molar refractivity (Wildman–Crippen MR) is 96.6 cm³/mol. The summed E-state index contributed by atoms with van der Waals surface area (Å²) in [6.45, 7) is 1.12. The third-order valence-electron chi connectivity index (χ3n) is 4.27.